The first-order valence-electron chi connectivity index (χ1n) is 6.51. The summed E-state index contributed by atoms with van der Waals surface area (Å²) in [6.07, 6.45) is 0.558. The lowest BCUT2D eigenvalue weighted by atomic mass is 10.0. The summed E-state index contributed by atoms with van der Waals surface area (Å²) in [5.41, 5.74) is 3.64. The Morgan fingerprint density at radius 3 is 2.68 bits per heavy atom. The predicted molar refractivity (Wildman–Crippen MR) is 73.9 cm³/mol. The number of ether oxygens (including phenoxy) is 1. The van der Waals surface area contributed by atoms with Crippen LogP contribution in [-0.4, -0.2) is 25.0 Å². The van der Waals surface area contributed by atoms with Crippen molar-refractivity contribution in [3.8, 4) is 0 Å². The van der Waals surface area contributed by atoms with Crippen LogP contribution in [0.1, 0.15) is 30.0 Å². The van der Waals surface area contributed by atoms with E-state index in [4.69, 9.17) is 4.74 Å². The molecule has 4 nitrogen and oxygen atoms in total. The number of hydrogen-bond acceptors (Lipinski definition) is 3. The summed E-state index contributed by atoms with van der Waals surface area (Å²) in [4.78, 5) is 22.6. The molecule has 0 atom stereocenters. The molecule has 0 aliphatic carbocycles. The minimum Gasteiger partial charge on any atom is -0.466 e. The quantitative estimate of drug-likeness (QED) is 0.630. The molecule has 0 radical (unpaired) electrons. The molecule has 0 aliphatic heterocycles. The third-order valence-electron chi connectivity index (χ3n) is 2.83. The van der Waals surface area contributed by atoms with Crippen LogP contribution in [0.5, 0.6) is 0 Å². The van der Waals surface area contributed by atoms with E-state index in [-0.39, 0.29) is 12.3 Å². The van der Waals surface area contributed by atoms with E-state index < -0.39 is 5.97 Å². The molecule has 1 rings (SSSR count). The van der Waals surface area contributed by atoms with Crippen LogP contribution in [0, 0.1) is 13.8 Å². The Labute approximate surface area is 114 Å². The van der Waals surface area contributed by atoms with E-state index in [0.717, 1.165) is 6.42 Å². The molecule has 1 aromatic carbocycles. The highest BCUT2D eigenvalue weighted by atomic mass is 16.5. The van der Waals surface area contributed by atoms with Gasteiger partial charge in [-0.1, -0.05) is 23.8 Å². The first-order chi connectivity index (χ1) is 9.02. The Bertz CT molecular complexity index is 455. The highest BCUT2D eigenvalue weighted by Crippen LogP contribution is 2.10. The molecule has 1 N–H and O–H groups in total. The Hall–Kier alpha value is -1.84. The smallest absolute Gasteiger partial charge is 0.315 e. The van der Waals surface area contributed by atoms with Crippen LogP contribution in [0.15, 0.2) is 18.2 Å². The third-order valence-corrected chi connectivity index (χ3v) is 2.83. The zero-order valence-corrected chi connectivity index (χ0v) is 11.8. The van der Waals surface area contributed by atoms with Gasteiger partial charge in [-0.25, -0.2) is 0 Å². The number of carbonyl (C=O) groups excluding carboxylic acids is 2. The average Bonchev–Trinajstić information content (AvgIpc) is 2.33. The van der Waals surface area contributed by atoms with Crippen molar-refractivity contribution in [2.45, 2.75) is 33.6 Å². The van der Waals surface area contributed by atoms with E-state index in [0.29, 0.717) is 13.2 Å². The Balaban J connectivity index is 2.35. The molecule has 0 unspecified atom stereocenters. The van der Waals surface area contributed by atoms with Gasteiger partial charge in [0.2, 0.25) is 5.91 Å². The molecule has 19 heavy (non-hydrogen) atoms. The summed E-state index contributed by atoms with van der Waals surface area (Å²) < 4.78 is 4.71. The van der Waals surface area contributed by atoms with Crippen molar-refractivity contribution in [2.75, 3.05) is 13.2 Å². The number of rotatable bonds is 6. The monoisotopic (exact) mass is 263 g/mol. The maximum absolute atomic E-state index is 11.5. The van der Waals surface area contributed by atoms with Crippen molar-refractivity contribution >= 4 is 11.9 Å². The highest BCUT2D eigenvalue weighted by molar-refractivity contribution is 5.94. The Morgan fingerprint density at radius 1 is 1.26 bits per heavy atom. The molecule has 0 bridgehead atoms. The largest absolute Gasteiger partial charge is 0.466 e. The number of hydrogen-bond donors (Lipinski definition) is 1. The van der Waals surface area contributed by atoms with Gasteiger partial charge in [0.25, 0.3) is 0 Å². The molecule has 4 heteroatoms. The predicted octanol–water partition coefficient (Wildman–Crippen LogP) is 1.92. The summed E-state index contributed by atoms with van der Waals surface area (Å²) in [5, 5.41) is 2.73. The van der Waals surface area contributed by atoms with E-state index >= 15 is 0 Å². The maximum atomic E-state index is 11.5. The molecule has 0 saturated carbocycles. The molecule has 1 amide bonds. The zero-order valence-electron chi connectivity index (χ0n) is 11.8. The van der Waals surface area contributed by atoms with Crippen LogP contribution in [0.4, 0.5) is 0 Å². The van der Waals surface area contributed by atoms with E-state index in [9.17, 15) is 9.59 Å². The molecule has 0 aromatic heterocycles. The summed E-state index contributed by atoms with van der Waals surface area (Å²) in [7, 11) is 0. The van der Waals surface area contributed by atoms with Crippen molar-refractivity contribution < 1.29 is 14.3 Å². The van der Waals surface area contributed by atoms with Crippen LogP contribution < -0.4 is 5.32 Å². The summed E-state index contributed by atoms with van der Waals surface area (Å²) in [5.74, 6) is -0.768. The number of carbonyl (C=O) groups is 2. The van der Waals surface area contributed by atoms with Crippen LogP contribution in [0.25, 0.3) is 0 Å². The fourth-order valence-electron chi connectivity index (χ4n) is 1.81. The van der Waals surface area contributed by atoms with Crippen LogP contribution in [0.2, 0.25) is 0 Å². The standard InChI is InChI=1S/C15H21NO3/c1-4-19-15(18)10-14(17)16-8-7-13-9-11(2)5-6-12(13)3/h5-6,9H,4,7-8,10H2,1-3H3,(H,16,17). The molecule has 104 valence electrons. The number of amides is 1. The Kier molecular flexibility index (Phi) is 6.06. The number of benzene rings is 1. The van der Waals surface area contributed by atoms with Gasteiger partial charge in [0.1, 0.15) is 6.42 Å². The molecule has 0 spiro atoms. The minimum atomic E-state index is -0.480. The zero-order chi connectivity index (χ0) is 14.3. The van der Waals surface area contributed by atoms with E-state index in [2.05, 4.69) is 30.4 Å². The topological polar surface area (TPSA) is 55.4 Å². The second kappa shape index (κ2) is 7.56. The fourth-order valence-corrected chi connectivity index (χ4v) is 1.81. The number of aryl methyl sites for hydroxylation is 2. The average molecular weight is 263 g/mol. The van der Waals surface area contributed by atoms with Crippen LogP contribution in [0.3, 0.4) is 0 Å². The third kappa shape index (κ3) is 5.55. The minimum absolute atomic E-state index is 0.208. The van der Waals surface area contributed by atoms with Crippen molar-refractivity contribution in [1.82, 2.24) is 5.32 Å². The molecule has 1 aromatic rings. The van der Waals surface area contributed by atoms with Crippen molar-refractivity contribution in [3.63, 3.8) is 0 Å². The Morgan fingerprint density at radius 2 is 2.00 bits per heavy atom. The van der Waals surface area contributed by atoms with Crippen molar-refractivity contribution in [3.05, 3.63) is 34.9 Å². The number of esters is 1. The lowest BCUT2D eigenvalue weighted by molar-refractivity contribution is -0.145. The summed E-state index contributed by atoms with van der Waals surface area (Å²) >= 11 is 0. The number of nitrogens with one attached hydrogen (secondary N) is 1. The maximum Gasteiger partial charge on any atom is 0.315 e. The molecular formula is C15H21NO3. The second-order valence-corrected chi connectivity index (χ2v) is 4.51. The molecule has 0 fully saturated rings. The lowest BCUT2D eigenvalue weighted by Crippen LogP contribution is -2.28. The van der Waals surface area contributed by atoms with E-state index in [1.807, 2.05) is 6.92 Å². The molecular weight excluding hydrogens is 242 g/mol. The van der Waals surface area contributed by atoms with Gasteiger partial charge < -0.3 is 10.1 Å². The second-order valence-electron chi connectivity index (χ2n) is 4.51. The van der Waals surface area contributed by atoms with Gasteiger partial charge in [0.15, 0.2) is 0 Å². The van der Waals surface area contributed by atoms with Crippen molar-refractivity contribution in [1.29, 1.82) is 0 Å². The highest BCUT2D eigenvalue weighted by Gasteiger charge is 2.09. The SMILES string of the molecule is CCOC(=O)CC(=O)NCCc1cc(C)ccc1C. The summed E-state index contributed by atoms with van der Waals surface area (Å²) in [6, 6.07) is 6.26. The fraction of sp³-hybridized carbons (Fsp3) is 0.467. The van der Waals surface area contributed by atoms with Gasteiger partial charge in [-0.2, -0.15) is 0 Å². The summed E-state index contributed by atoms with van der Waals surface area (Å²) in [6.45, 7) is 6.64. The van der Waals surface area contributed by atoms with E-state index in [1.165, 1.54) is 16.7 Å². The van der Waals surface area contributed by atoms with Crippen LogP contribution >= 0.6 is 0 Å². The molecule has 0 aliphatic rings. The van der Waals surface area contributed by atoms with Crippen molar-refractivity contribution in [2.24, 2.45) is 0 Å². The first kappa shape index (κ1) is 15.2. The van der Waals surface area contributed by atoms with Gasteiger partial charge in [-0.15, -0.1) is 0 Å². The van der Waals surface area contributed by atoms with E-state index in [1.54, 1.807) is 6.92 Å². The molecule has 0 heterocycles. The van der Waals surface area contributed by atoms with Gasteiger partial charge in [0.05, 0.1) is 6.61 Å². The lowest BCUT2D eigenvalue weighted by Gasteiger charge is -2.08. The van der Waals surface area contributed by atoms with Gasteiger partial charge in [-0.05, 0) is 38.3 Å². The normalized spacial score (nSPS) is 10.1. The van der Waals surface area contributed by atoms with Gasteiger partial charge in [0, 0.05) is 6.54 Å². The first-order valence-corrected chi connectivity index (χ1v) is 6.51. The van der Waals surface area contributed by atoms with Crippen LogP contribution in [-0.2, 0) is 20.7 Å². The molecule has 0 saturated heterocycles. The van der Waals surface area contributed by atoms with Gasteiger partial charge in [-0.3, -0.25) is 9.59 Å². The van der Waals surface area contributed by atoms with Gasteiger partial charge >= 0.3 is 5.97 Å².